The molecule has 2 aromatic carbocycles. The van der Waals surface area contributed by atoms with Crippen LogP contribution in [0.4, 0.5) is 5.69 Å². The number of para-hydroxylation sites is 1. The van der Waals surface area contributed by atoms with Crippen LogP contribution < -0.4 is 14.5 Å². The molecule has 2 heterocycles. The topological polar surface area (TPSA) is 71.4 Å². The predicted molar refractivity (Wildman–Crippen MR) is 119 cm³/mol. The maximum Gasteiger partial charge on any atom is 0.308 e. The second-order valence-electron chi connectivity index (χ2n) is 7.37. The van der Waals surface area contributed by atoms with E-state index in [9.17, 15) is 13.2 Å². The van der Waals surface area contributed by atoms with Gasteiger partial charge in [0.05, 0.1) is 15.1 Å². The molecule has 8 heteroatoms. The molecule has 0 fully saturated rings. The number of thiazole rings is 1. The first-order valence-corrected chi connectivity index (χ1v) is 12.2. The quantitative estimate of drug-likeness (QED) is 0.583. The van der Waals surface area contributed by atoms with Crippen molar-refractivity contribution in [2.24, 2.45) is 0 Å². The first-order valence-electron chi connectivity index (χ1n) is 9.88. The van der Waals surface area contributed by atoms with E-state index in [1.807, 2.05) is 13.0 Å². The van der Waals surface area contributed by atoms with E-state index in [-0.39, 0.29) is 9.77 Å². The molecule has 1 aliphatic heterocycles. The highest BCUT2D eigenvalue weighted by molar-refractivity contribution is 7.89. The number of hydrogen-bond acceptors (Lipinski definition) is 5. The molecule has 29 heavy (non-hydrogen) atoms. The Morgan fingerprint density at radius 1 is 1.21 bits per heavy atom. The number of anilines is 1. The summed E-state index contributed by atoms with van der Waals surface area (Å²) in [5.41, 5.74) is 3.39. The van der Waals surface area contributed by atoms with Crippen molar-refractivity contribution in [3.63, 3.8) is 0 Å². The molecule has 0 saturated heterocycles. The van der Waals surface area contributed by atoms with E-state index in [2.05, 4.69) is 34.7 Å². The molecule has 0 amide bonds. The lowest BCUT2D eigenvalue weighted by molar-refractivity contribution is 0.576. The molecule has 0 unspecified atom stereocenters. The minimum Gasteiger partial charge on any atom is -0.368 e. The molecule has 0 bridgehead atoms. The van der Waals surface area contributed by atoms with E-state index in [1.165, 1.54) is 11.3 Å². The van der Waals surface area contributed by atoms with Crippen LogP contribution in [-0.2, 0) is 23.0 Å². The molecule has 0 aliphatic carbocycles. The number of benzene rings is 2. The van der Waals surface area contributed by atoms with Crippen molar-refractivity contribution >= 4 is 37.3 Å². The van der Waals surface area contributed by atoms with Crippen LogP contribution in [0.15, 0.2) is 52.2 Å². The zero-order chi connectivity index (χ0) is 20.6. The van der Waals surface area contributed by atoms with Gasteiger partial charge in [0.1, 0.15) is 0 Å². The minimum atomic E-state index is -3.61. The van der Waals surface area contributed by atoms with Crippen molar-refractivity contribution in [1.82, 2.24) is 9.29 Å². The fourth-order valence-corrected chi connectivity index (χ4v) is 6.19. The summed E-state index contributed by atoms with van der Waals surface area (Å²) in [5.74, 6) is 0. The number of aryl methyl sites for hydroxylation is 1. The Hall–Kier alpha value is -2.16. The number of nitrogens with one attached hydrogen (secondary N) is 1. The van der Waals surface area contributed by atoms with Crippen LogP contribution in [0.3, 0.4) is 0 Å². The van der Waals surface area contributed by atoms with Gasteiger partial charge in [0.2, 0.25) is 10.0 Å². The highest BCUT2D eigenvalue weighted by atomic mass is 32.2. The van der Waals surface area contributed by atoms with E-state index in [4.69, 9.17) is 0 Å². The van der Waals surface area contributed by atoms with Crippen LogP contribution in [0.5, 0.6) is 0 Å². The molecule has 1 atom stereocenters. The van der Waals surface area contributed by atoms with Gasteiger partial charge < -0.3 is 4.90 Å². The highest BCUT2D eigenvalue weighted by Crippen LogP contribution is 2.31. The Kier molecular flexibility index (Phi) is 5.50. The van der Waals surface area contributed by atoms with Crippen LogP contribution in [0.2, 0.25) is 0 Å². The van der Waals surface area contributed by atoms with Gasteiger partial charge in [-0.15, -0.1) is 0 Å². The lowest BCUT2D eigenvalue weighted by Crippen LogP contribution is -2.33. The molecule has 4 rings (SSSR count). The Labute approximate surface area is 174 Å². The molecule has 1 aromatic heterocycles. The van der Waals surface area contributed by atoms with Crippen LogP contribution in [0.25, 0.3) is 10.2 Å². The summed E-state index contributed by atoms with van der Waals surface area (Å²) in [5, 5.41) is 0. The number of aromatic nitrogens is 1. The third kappa shape index (κ3) is 3.84. The summed E-state index contributed by atoms with van der Waals surface area (Å²) in [6.45, 7) is 5.85. The smallest absolute Gasteiger partial charge is 0.308 e. The van der Waals surface area contributed by atoms with Gasteiger partial charge in [-0.25, -0.2) is 13.1 Å². The zero-order valence-electron chi connectivity index (χ0n) is 16.6. The van der Waals surface area contributed by atoms with Crippen molar-refractivity contribution in [2.75, 3.05) is 18.0 Å². The van der Waals surface area contributed by atoms with Gasteiger partial charge >= 0.3 is 4.87 Å². The van der Waals surface area contributed by atoms with Crippen LogP contribution >= 0.6 is 11.3 Å². The Morgan fingerprint density at radius 2 is 2.00 bits per heavy atom. The summed E-state index contributed by atoms with van der Waals surface area (Å²) < 4.78 is 30.4. The second-order valence-corrected chi connectivity index (χ2v) is 10.1. The first kappa shape index (κ1) is 20.1. The average Bonchev–Trinajstić information content (AvgIpc) is 3.19. The molecule has 0 radical (unpaired) electrons. The minimum absolute atomic E-state index is 0.0648. The number of hydrogen-bond donors (Lipinski definition) is 1. The summed E-state index contributed by atoms with van der Waals surface area (Å²) in [7, 11) is -3.61. The van der Waals surface area contributed by atoms with Gasteiger partial charge in [0.15, 0.2) is 0 Å². The second kappa shape index (κ2) is 7.93. The molecule has 0 spiro atoms. The number of nitrogens with zero attached hydrogens (tertiary/aromatic N) is 2. The number of fused-ring (bicyclic) bond motifs is 2. The van der Waals surface area contributed by atoms with Gasteiger partial charge in [0.25, 0.3) is 0 Å². The Balaban J connectivity index is 1.41. The van der Waals surface area contributed by atoms with E-state index >= 15 is 0 Å². The van der Waals surface area contributed by atoms with Crippen molar-refractivity contribution in [3.8, 4) is 0 Å². The van der Waals surface area contributed by atoms with Gasteiger partial charge in [-0.05, 0) is 56.5 Å². The molecule has 154 valence electrons. The van der Waals surface area contributed by atoms with Crippen LogP contribution in [0, 0.1) is 0 Å². The summed E-state index contributed by atoms with van der Waals surface area (Å²) >= 11 is 1.08. The van der Waals surface area contributed by atoms with Crippen LogP contribution in [0.1, 0.15) is 25.8 Å². The summed E-state index contributed by atoms with van der Waals surface area (Å²) in [6, 6.07) is 13.7. The molecule has 0 saturated carbocycles. The van der Waals surface area contributed by atoms with E-state index in [0.29, 0.717) is 23.8 Å². The SMILES string of the molecule is CCn1c(=O)sc2cc(S(=O)(=O)NCCCN3c4ccccc4C[C@@H]3C)ccc21. The molecular weight excluding hydrogens is 406 g/mol. The standard InChI is InChI=1S/C21H25N3O3S2/c1-3-23-19-10-9-17(14-20(19)28-21(23)25)29(26,27)22-11-6-12-24-15(2)13-16-7-4-5-8-18(16)24/h4-5,7-10,14-15,22H,3,6,11-13H2,1-2H3/t15-/m0/s1. The lowest BCUT2D eigenvalue weighted by Gasteiger charge is -2.24. The number of rotatable bonds is 7. The molecule has 1 N–H and O–H groups in total. The maximum absolute atomic E-state index is 12.7. The van der Waals surface area contributed by atoms with Crippen molar-refractivity contribution in [3.05, 3.63) is 57.7 Å². The maximum atomic E-state index is 12.7. The van der Waals surface area contributed by atoms with Crippen molar-refractivity contribution < 1.29 is 8.42 Å². The lowest BCUT2D eigenvalue weighted by atomic mass is 10.1. The number of sulfonamides is 1. The van der Waals surface area contributed by atoms with Gasteiger partial charge in [-0.1, -0.05) is 29.5 Å². The largest absolute Gasteiger partial charge is 0.368 e. The van der Waals surface area contributed by atoms with Crippen LogP contribution in [-0.4, -0.2) is 32.1 Å². The van der Waals surface area contributed by atoms with Crippen molar-refractivity contribution in [2.45, 2.75) is 44.2 Å². The third-order valence-corrected chi connectivity index (χ3v) is 7.88. The molecular formula is C21H25N3O3S2. The predicted octanol–water partition coefficient (Wildman–Crippen LogP) is 3.20. The van der Waals surface area contributed by atoms with Gasteiger partial charge in [0, 0.05) is 31.4 Å². The van der Waals surface area contributed by atoms with Gasteiger partial charge in [-0.3, -0.25) is 9.36 Å². The van der Waals surface area contributed by atoms with E-state index in [0.717, 1.165) is 36.2 Å². The molecule has 1 aliphatic rings. The first-order chi connectivity index (χ1) is 13.9. The fourth-order valence-electron chi connectivity index (χ4n) is 4.02. The monoisotopic (exact) mass is 431 g/mol. The third-order valence-electron chi connectivity index (χ3n) is 5.48. The zero-order valence-corrected chi connectivity index (χ0v) is 18.2. The van der Waals surface area contributed by atoms with Gasteiger partial charge in [-0.2, -0.15) is 0 Å². The Morgan fingerprint density at radius 3 is 2.79 bits per heavy atom. The Bertz CT molecular complexity index is 1200. The van der Waals surface area contributed by atoms with Crippen molar-refractivity contribution in [1.29, 1.82) is 0 Å². The normalized spacial score (nSPS) is 16.5. The van der Waals surface area contributed by atoms with E-state index < -0.39 is 10.0 Å². The van der Waals surface area contributed by atoms with E-state index in [1.54, 1.807) is 22.8 Å². The summed E-state index contributed by atoms with van der Waals surface area (Å²) in [4.78, 5) is 14.5. The molecule has 3 aromatic rings. The average molecular weight is 432 g/mol. The molecule has 6 nitrogen and oxygen atoms in total. The fraction of sp³-hybridized carbons (Fsp3) is 0.381. The summed E-state index contributed by atoms with van der Waals surface area (Å²) in [6.07, 6.45) is 1.75. The highest BCUT2D eigenvalue weighted by Gasteiger charge is 2.25.